The molecule has 2 saturated carbocycles. The number of hydrogen-bond acceptors (Lipinski definition) is 0. The van der Waals surface area contributed by atoms with Gasteiger partial charge in [0.15, 0.2) is 0 Å². The molecule has 0 N–H and O–H groups in total. The summed E-state index contributed by atoms with van der Waals surface area (Å²) in [6, 6.07) is 0. The minimum atomic E-state index is 1.03. The second kappa shape index (κ2) is 2.12. The van der Waals surface area contributed by atoms with Crippen molar-refractivity contribution in [1.82, 2.24) is 0 Å². The molecule has 3 aliphatic rings. The molecule has 0 aromatic heterocycles. The van der Waals surface area contributed by atoms with Crippen LogP contribution in [0.4, 0.5) is 0 Å². The van der Waals surface area contributed by atoms with Gasteiger partial charge in [-0.1, -0.05) is 18.1 Å². The fourth-order valence-electron chi connectivity index (χ4n) is 2.80. The molecule has 0 aliphatic heterocycles. The Hall–Kier alpha value is -0.260. The fraction of sp³-hybridized carbons (Fsp3) is 0.818. The lowest BCUT2D eigenvalue weighted by molar-refractivity contribution is 0.242. The molecule has 0 saturated heterocycles. The molecule has 3 aliphatic carbocycles. The lowest BCUT2D eigenvalue weighted by atomic mass is 9.75. The van der Waals surface area contributed by atoms with E-state index in [1.807, 2.05) is 5.57 Å². The minimum Gasteiger partial charge on any atom is -0.0816 e. The average Bonchev–Trinajstić information content (AvgIpc) is 2.09. The molecule has 0 aromatic rings. The quantitative estimate of drug-likeness (QED) is 0.501. The topological polar surface area (TPSA) is 0 Å². The second-order valence-corrected chi connectivity index (χ2v) is 4.57. The van der Waals surface area contributed by atoms with Crippen LogP contribution in [-0.2, 0) is 0 Å². The summed E-state index contributed by atoms with van der Waals surface area (Å²) in [6.45, 7) is 0. The van der Waals surface area contributed by atoms with Crippen LogP contribution in [-0.4, -0.2) is 0 Å². The van der Waals surface area contributed by atoms with Crippen molar-refractivity contribution in [3.05, 3.63) is 11.6 Å². The van der Waals surface area contributed by atoms with Crippen LogP contribution in [0, 0.1) is 17.8 Å². The maximum atomic E-state index is 2.62. The van der Waals surface area contributed by atoms with Gasteiger partial charge in [-0.2, -0.15) is 0 Å². The van der Waals surface area contributed by atoms with Crippen LogP contribution < -0.4 is 0 Å². The molecule has 0 spiro atoms. The predicted octanol–water partition coefficient (Wildman–Crippen LogP) is 3.14. The number of fused-ring (bicyclic) bond motifs is 1. The van der Waals surface area contributed by atoms with Gasteiger partial charge < -0.3 is 0 Å². The Morgan fingerprint density at radius 2 is 2.00 bits per heavy atom. The highest BCUT2D eigenvalue weighted by Crippen LogP contribution is 2.50. The Kier molecular flexibility index (Phi) is 1.21. The van der Waals surface area contributed by atoms with E-state index in [0.717, 1.165) is 17.8 Å². The highest BCUT2D eigenvalue weighted by atomic mass is 14.4. The summed E-state index contributed by atoms with van der Waals surface area (Å²) in [5.41, 5.74) is 1.85. The lowest BCUT2D eigenvalue weighted by Crippen LogP contribution is -2.19. The molecular formula is C11H16. The van der Waals surface area contributed by atoms with Gasteiger partial charge in [-0.3, -0.25) is 0 Å². The Labute approximate surface area is 68.7 Å². The Morgan fingerprint density at radius 3 is 2.36 bits per heavy atom. The van der Waals surface area contributed by atoms with Crippen molar-refractivity contribution in [1.29, 1.82) is 0 Å². The van der Waals surface area contributed by atoms with E-state index in [4.69, 9.17) is 0 Å². The minimum absolute atomic E-state index is 1.03. The summed E-state index contributed by atoms with van der Waals surface area (Å²) in [6.07, 6.45) is 11.6. The zero-order valence-electron chi connectivity index (χ0n) is 7.05. The maximum Gasteiger partial charge on any atom is -0.0199 e. The summed E-state index contributed by atoms with van der Waals surface area (Å²) in [5, 5.41) is 0. The largest absolute Gasteiger partial charge is 0.0816 e. The molecular weight excluding hydrogens is 132 g/mol. The van der Waals surface area contributed by atoms with Crippen LogP contribution in [0.25, 0.3) is 0 Å². The zero-order valence-corrected chi connectivity index (χ0v) is 7.05. The Balaban J connectivity index is 1.73. The molecule has 11 heavy (non-hydrogen) atoms. The van der Waals surface area contributed by atoms with E-state index in [9.17, 15) is 0 Å². The number of allylic oxidation sites excluding steroid dienone is 2. The first-order chi connectivity index (χ1) is 5.43. The van der Waals surface area contributed by atoms with Crippen LogP contribution in [0.1, 0.15) is 38.5 Å². The second-order valence-electron chi connectivity index (χ2n) is 4.57. The summed E-state index contributed by atoms with van der Waals surface area (Å²) >= 11 is 0. The van der Waals surface area contributed by atoms with Gasteiger partial charge >= 0.3 is 0 Å². The lowest BCUT2D eigenvalue weighted by Gasteiger charge is -2.30. The van der Waals surface area contributed by atoms with E-state index in [1.165, 1.54) is 38.5 Å². The molecule has 0 aromatic carbocycles. The highest BCUT2D eigenvalue weighted by molar-refractivity contribution is 5.21. The fourth-order valence-corrected chi connectivity index (χ4v) is 2.80. The van der Waals surface area contributed by atoms with E-state index < -0.39 is 0 Å². The van der Waals surface area contributed by atoms with Crippen LogP contribution >= 0.6 is 0 Å². The van der Waals surface area contributed by atoms with Gasteiger partial charge in [0.25, 0.3) is 0 Å². The van der Waals surface area contributed by atoms with Crippen LogP contribution in [0.3, 0.4) is 0 Å². The van der Waals surface area contributed by atoms with E-state index >= 15 is 0 Å². The third kappa shape index (κ3) is 0.816. The molecule has 0 radical (unpaired) electrons. The summed E-state index contributed by atoms with van der Waals surface area (Å²) in [5.74, 6) is 3.18. The summed E-state index contributed by atoms with van der Waals surface area (Å²) in [4.78, 5) is 0. The van der Waals surface area contributed by atoms with Crippen molar-refractivity contribution < 1.29 is 0 Å². The molecule has 60 valence electrons. The van der Waals surface area contributed by atoms with Crippen LogP contribution in [0.2, 0.25) is 0 Å². The van der Waals surface area contributed by atoms with Gasteiger partial charge in [0.1, 0.15) is 0 Å². The van der Waals surface area contributed by atoms with E-state index in [0.29, 0.717) is 0 Å². The van der Waals surface area contributed by atoms with Gasteiger partial charge in [-0.15, -0.1) is 0 Å². The molecule has 3 rings (SSSR count). The van der Waals surface area contributed by atoms with E-state index in [2.05, 4.69) is 6.08 Å². The van der Waals surface area contributed by atoms with E-state index in [-0.39, 0.29) is 0 Å². The monoisotopic (exact) mass is 148 g/mol. The van der Waals surface area contributed by atoms with Crippen LogP contribution in [0.15, 0.2) is 11.6 Å². The maximum absolute atomic E-state index is 2.62. The molecule has 0 nitrogen and oxygen atoms in total. The van der Waals surface area contributed by atoms with Crippen molar-refractivity contribution in [3.63, 3.8) is 0 Å². The van der Waals surface area contributed by atoms with Crippen molar-refractivity contribution in [3.8, 4) is 0 Å². The summed E-state index contributed by atoms with van der Waals surface area (Å²) < 4.78 is 0. The van der Waals surface area contributed by atoms with Crippen molar-refractivity contribution >= 4 is 0 Å². The third-order valence-electron chi connectivity index (χ3n) is 4.03. The zero-order chi connectivity index (χ0) is 7.26. The van der Waals surface area contributed by atoms with Gasteiger partial charge in [0, 0.05) is 0 Å². The first-order valence-electron chi connectivity index (χ1n) is 5.14. The van der Waals surface area contributed by atoms with Gasteiger partial charge in [0.2, 0.25) is 0 Å². The predicted molar refractivity (Wildman–Crippen MR) is 46.3 cm³/mol. The van der Waals surface area contributed by atoms with Crippen molar-refractivity contribution in [2.75, 3.05) is 0 Å². The molecule has 0 heterocycles. The van der Waals surface area contributed by atoms with Crippen LogP contribution in [0.5, 0.6) is 0 Å². The van der Waals surface area contributed by atoms with E-state index in [1.54, 1.807) is 0 Å². The Morgan fingerprint density at radius 1 is 1.09 bits per heavy atom. The third-order valence-corrected chi connectivity index (χ3v) is 4.03. The highest BCUT2D eigenvalue weighted by Gasteiger charge is 2.37. The first-order valence-corrected chi connectivity index (χ1v) is 5.14. The molecule has 0 bridgehead atoms. The Bertz CT molecular complexity index is 198. The van der Waals surface area contributed by atoms with Crippen molar-refractivity contribution in [2.24, 2.45) is 17.8 Å². The van der Waals surface area contributed by atoms with Gasteiger partial charge in [-0.05, 0) is 49.9 Å². The molecule has 2 fully saturated rings. The summed E-state index contributed by atoms with van der Waals surface area (Å²) in [7, 11) is 0. The number of hydrogen-bond donors (Lipinski definition) is 0. The average molecular weight is 148 g/mol. The first kappa shape index (κ1) is 6.28. The van der Waals surface area contributed by atoms with Gasteiger partial charge in [0.05, 0.1) is 0 Å². The normalized spacial score (nSPS) is 42.4. The van der Waals surface area contributed by atoms with Crippen molar-refractivity contribution in [2.45, 2.75) is 38.5 Å². The van der Waals surface area contributed by atoms with Gasteiger partial charge in [-0.25, -0.2) is 0 Å². The standard InChI is InChI=1S/C11H16/c1-2-8(3-1)11-6-9-4-5-10(9)7-11/h6,8-10H,1-5,7H2/t9-,10-/m0/s1. The molecule has 2 atom stereocenters. The molecule has 0 amide bonds. The molecule has 0 unspecified atom stereocenters. The number of rotatable bonds is 1. The smallest absolute Gasteiger partial charge is 0.0199 e. The molecule has 0 heteroatoms. The SMILES string of the molecule is C1=C(C2CCC2)C[C@@H]2CC[C@@H]12.